The van der Waals surface area contributed by atoms with E-state index < -0.39 is 0 Å². The number of aliphatic hydroxyl groups excluding tert-OH is 3. The Hall–Kier alpha value is -9.21. The predicted octanol–water partition coefficient (Wildman–Crippen LogP) is 30.1. The minimum absolute atomic E-state index is 0. The average Bonchev–Trinajstić information content (AvgIpc) is 1.58. The van der Waals surface area contributed by atoms with E-state index in [0.717, 1.165) is 75.1 Å². The van der Waals surface area contributed by atoms with Crippen molar-refractivity contribution in [3.05, 3.63) is 302 Å². The molecule has 3 radical (unpaired) electrons. The number of aryl methyl sites for hydroxylation is 4. The molecule has 0 spiro atoms. The standard InChI is InChI=1S/C30H30N.2C29H28N.2C11H20O2.C5H8O2.3Ir/c1-18(2)11-21-15-28(22-13-19(3)12-20(4)14-22)31-29-17-27-25(16-24(21)29)23-9-7-8-10-26(23)30(27,5)6;1-18(2)13-21-15-27(20-10-8-9-19(3)14-20)30-28-17-26-24(16-23(21)28)22-11-6-7-12-25(22)29(26,4)5;1-18(2)14-21-15-27(20-12-10-19(3)11-13-20)30-28-17-26-24(16-23(21)28)22-8-6-7-9-25(22)29(26,4)5;2*1-8(2)5-10(12)7-11(13)6-9(3)4;1-4(6)3-5(2)7;;;/h7-10,12-13,15-18H,11H2,1-6H3;6-9,11-12,14-18H,13H2,1-5H3;6-12,15-18H,14H2,1-5H3;2*7-9,12H,5-6H2,1-4H3;3,6H,1-2H3;;;/q3*-1;;;;;;. The van der Waals surface area contributed by atoms with Gasteiger partial charge in [0.2, 0.25) is 0 Å². The van der Waals surface area contributed by atoms with Gasteiger partial charge in [0, 0.05) is 137 Å². The SMILES string of the molecule is CC(=O)C=C(C)O.CC(C)CC(=O)C=C(O)CC(C)C.CC(C)CC(=O)C=C(O)CC(C)C.Cc1[c-]c(-c2cc(CC(C)C)c3cc4c(cc3n2)C(C)(C)c2ccccc2-4)cc(C)c1.Cc1c[c-]c(-c2cc(CC(C)C)c3cc4c(cc3n2)C(C)(C)c2ccccc2-4)cc1.Cc1cc[c-]c(-c2cc(CC(C)C)c3cc4c(cc3n2)C(C)(C)c2ccccc2-4)c1.[Ir].[Ir].[Ir]. The van der Waals surface area contributed by atoms with Crippen LogP contribution in [0.4, 0.5) is 0 Å². The number of nitrogens with zero attached hydrogens (tertiary/aromatic N) is 3. The molecule has 12 heteroatoms. The van der Waals surface area contributed by atoms with E-state index in [4.69, 9.17) is 20.1 Å². The minimum atomic E-state index is -0.125. The predicted molar refractivity (Wildman–Crippen MR) is 522 cm³/mol. The molecule has 3 heterocycles. The number of hydrogen-bond donors (Lipinski definition) is 3. The van der Waals surface area contributed by atoms with E-state index in [-0.39, 0.29) is 111 Å². The van der Waals surface area contributed by atoms with Crippen LogP contribution in [0.5, 0.6) is 0 Å². The van der Waals surface area contributed by atoms with Gasteiger partial charge in [0.05, 0.1) is 33.8 Å². The molecule has 12 aromatic rings. The number of ketones is 3. The topological polar surface area (TPSA) is 151 Å². The maximum absolute atomic E-state index is 11.2. The fraction of sp³-hybridized carbons (Fsp3) is 0.374. The van der Waals surface area contributed by atoms with Crippen LogP contribution in [-0.4, -0.2) is 47.6 Å². The number of carbonyl (C=O) groups excluding carboxylic acids is 3. The van der Waals surface area contributed by atoms with Crippen molar-refractivity contribution in [3.8, 4) is 67.2 Å². The Balaban J connectivity index is 0.000000220. The van der Waals surface area contributed by atoms with Crippen molar-refractivity contribution in [1.29, 1.82) is 0 Å². The molecule has 0 bridgehead atoms. The van der Waals surface area contributed by atoms with Crippen molar-refractivity contribution in [2.45, 2.75) is 241 Å². The van der Waals surface area contributed by atoms with Gasteiger partial charge in [-0.2, -0.15) is 0 Å². The van der Waals surface area contributed by atoms with Crippen molar-refractivity contribution in [2.24, 2.45) is 41.4 Å². The summed E-state index contributed by atoms with van der Waals surface area (Å²) in [5.74, 6) is 3.65. The second-order valence-electron chi connectivity index (χ2n) is 39.4. The average molecular weight is 2230 g/mol. The molecule has 0 aliphatic heterocycles. The van der Waals surface area contributed by atoms with Crippen LogP contribution in [0.3, 0.4) is 0 Å². The van der Waals surface area contributed by atoms with Gasteiger partial charge in [0.15, 0.2) is 17.3 Å². The Labute approximate surface area is 800 Å². The second kappa shape index (κ2) is 45.4. The largest absolute Gasteiger partial charge is 0.512 e. The molecule has 3 aliphatic rings. The number of hydrogen-bond acceptors (Lipinski definition) is 9. The van der Waals surface area contributed by atoms with Crippen molar-refractivity contribution in [2.75, 3.05) is 0 Å². The number of pyridine rings is 3. The summed E-state index contributed by atoms with van der Waals surface area (Å²) in [5, 5.41) is 30.9. The number of carbonyl (C=O) groups is 3. The van der Waals surface area contributed by atoms with Crippen molar-refractivity contribution in [3.63, 3.8) is 0 Å². The van der Waals surface area contributed by atoms with Gasteiger partial charge in [0.1, 0.15) is 0 Å². The van der Waals surface area contributed by atoms with E-state index in [9.17, 15) is 24.6 Å². The Bertz CT molecular complexity index is 5920. The molecule has 9 nitrogen and oxygen atoms in total. The van der Waals surface area contributed by atoms with Gasteiger partial charge in [-0.15, -0.1) is 106 Å². The first-order valence-corrected chi connectivity index (χ1v) is 44.8. The van der Waals surface area contributed by atoms with Crippen LogP contribution < -0.4 is 0 Å². The number of aromatic nitrogens is 3. The third kappa shape index (κ3) is 26.8. The van der Waals surface area contributed by atoms with Crippen LogP contribution >= 0.6 is 0 Å². The number of benzene rings is 9. The Morgan fingerprint density at radius 2 is 0.701 bits per heavy atom. The summed E-state index contributed by atoms with van der Waals surface area (Å²) in [6.07, 6.45) is 9.22. The maximum atomic E-state index is 11.2. The zero-order valence-corrected chi connectivity index (χ0v) is 87.1. The fourth-order valence-electron chi connectivity index (χ4n) is 17.7. The smallest absolute Gasteiger partial charge is 0.159 e. The summed E-state index contributed by atoms with van der Waals surface area (Å²) in [6.45, 7) is 55.1. The van der Waals surface area contributed by atoms with Crippen LogP contribution in [0.2, 0.25) is 0 Å². The number of rotatable bonds is 20. The molecule has 127 heavy (non-hydrogen) atoms. The molecule has 0 unspecified atom stereocenters. The third-order valence-corrected chi connectivity index (χ3v) is 23.1. The summed E-state index contributed by atoms with van der Waals surface area (Å²) in [4.78, 5) is 47.9. The monoisotopic (exact) mass is 2230 g/mol. The molecule has 3 N–H and O–H groups in total. The fourth-order valence-corrected chi connectivity index (χ4v) is 17.7. The molecule has 0 saturated heterocycles. The molecular weight excluding hydrogens is 2100 g/mol. The summed E-state index contributed by atoms with van der Waals surface area (Å²) < 4.78 is 0. The van der Waals surface area contributed by atoms with E-state index in [2.05, 4.69) is 293 Å². The summed E-state index contributed by atoms with van der Waals surface area (Å²) in [6, 6.07) is 74.9. The van der Waals surface area contributed by atoms with Crippen LogP contribution in [0.1, 0.15) is 250 Å². The zero-order chi connectivity index (χ0) is 90.7. The van der Waals surface area contributed by atoms with E-state index >= 15 is 0 Å². The molecule has 0 atom stereocenters. The molecule has 0 saturated carbocycles. The Kier molecular flexibility index (Phi) is 37.4. The molecular formula is C115H134Ir3N3O6-3. The van der Waals surface area contributed by atoms with Crippen molar-refractivity contribution < 1.29 is 90.0 Å². The van der Waals surface area contributed by atoms with Gasteiger partial charge in [-0.25, -0.2) is 0 Å². The molecule has 15 rings (SSSR count). The van der Waals surface area contributed by atoms with Crippen molar-refractivity contribution >= 4 is 50.1 Å². The van der Waals surface area contributed by atoms with Crippen LogP contribution in [0.15, 0.2) is 211 Å². The summed E-state index contributed by atoms with van der Waals surface area (Å²) in [5.41, 5.74) is 35.1. The summed E-state index contributed by atoms with van der Waals surface area (Å²) in [7, 11) is 0. The quantitative estimate of drug-likeness (QED) is 0.0385. The van der Waals surface area contributed by atoms with Crippen LogP contribution in [0.25, 0.3) is 99.9 Å². The van der Waals surface area contributed by atoms with Gasteiger partial charge in [-0.3, -0.25) is 29.3 Å². The van der Waals surface area contributed by atoms with Crippen LogP contribution in [-0.2, 0) is 110 Å². The van der Waals surface area contributed by atoms with E-state index in [1.165, 1.54) is 148 Å². The van der Waals surface area contributed by atoms with Gasteiger partial charge >= 0.3 is 0 Å². The Morgan fingerprint density at radius 3 is 1.01 bits per heavy atom. The number of fused-ring (bicyclic) bond motifs is 12. The zero-order valence-electron chi connectivity index (χ0n) is 79.9. The van der Waals surface area contributed by atoms with Crippen molar-refractivity contribution in [1.82, 2.24) is 15.0 Å². The molecule has 3 aliphatic carbocycles. The normalized spacial score (nSPS) is 13.4. The number of allylic oxidation sites excluding steroid dienone is 6. The van der Waals surface area contributed by atoms with E-state index in [0.29, 0.717) is 67.1 Å². The van der Waals surface area contributed by atoms with Crippen LogP contribution in [0, 0.1) is 87.3 Å². The first-order chi connectivity index (χ1) is 58.4. The summed E-state index contributed by atoms with van der Waals surface area (Å²) >= 11 is 0. The van der Waals surface area contributed by atoms with Gasteiger partial charge in [-0.1, -0.05) is 257 Å². The number of aliphatic hydroxyl groups is 3. The molecule has 0 fully saturated rings. The maximum Gasteiger partial charge on any atom is 0.159 e. The van der Waals surface area contributed by atoms with Gasteiger partial charge in [0.25, 0.3) is 0 Å². The van der Waals surface area contributed by atoms with Gasteiger partial charge < -0.3 is 15.3 Å². The second-order valence-corrected chi connectivity index (χ2v) is 39.4. The molecule has 675 valence electrons. The first kappa shape index (κ1) is 105. The van der Waals surface area contributed by atoms with Gasteiger partial charge in [-0.05, 0) is 211 Å². The molecule has 0 amide bonds. The third-order valence-electron chi connectivity index (χ3n) is 23.1. The molecule has 3 aromatic heterocycles. The van der Waals surface area contributed by atoms with E-state index in [1.54, 1.807) is 0 Å². The molecule has 9 aromatic carbocycles. The first-order valence-electron chi connectivity index (χ1n) is 44.8. The van der Waals surface area contributed by atoms with E-state index in [1.807, 2.05) is 67.5 Å². The minimum Gasteiger partial charge on any atom is -0.512 e. The Morgan fingerprint density at radius 1 is 0.354 bits per heavy atom.